The average Bonchev–Trinajstić information content (AvgIpc) is 2.85. The van der Waals surface area contributed by atoms with Crippen LogP contribution in [0.4, 0.5) is 0 Å². The van der Waals surface area contributed by atoms with Gasteiger partial charge in [-0.2, -0.15) is 0 Å². The van der Waals surface area contributed by atoms with Crippen LogP contribution in [0.3, 0.4) is 0 Å². The minimum atomic E-state index is -1.09. The molecule has 0 aromatic carbocycles. The number of thioether (sulfide) groups is 1. The highest BCUT2D eigenvalue weighted by Crippen LogP contribution is 2.19. The summed E-state index contributed by atoms with van der Waals surface area (Å²) in [5, 5.41) is 14.0. The molecule has 0 aromatic rings. The summed E-state index contributed by atoms with van der Waals surface area (Å²) < 4.78 is 0. The molecule has 7 heteroatoms. The van der Waals surface area contributed by atoms with Crippen molar-refractivity contribution in [2.75, 3.05) is 5.75 Å². The van der Waals surface area contributed by atoms with Gasteiger partial charge in [-0.25, -0.2) is 4.79 Å². The molecule has 1 aliphatic carbocycles. The molecule has 0 radical (unpaired) electrons. The van der Waals surface area contributed by atoms with E-state index in [0.717, 1.165) is 25.7 Å². The van der Waals surface area contributed by atoms with Crippen LogP contribution in [0, 0.1) is 0 Å². The molecule has 0 saturated heterocycles. The number of carboxylic acids is 1. The van der Waals surface area contributed by atoms with Crippen molar-refractivity contribution in [3.63, 3.8) is 0 Å². The molecular weight excluding hydrogens is 280 g/mol. The summed E-state index contributed by atoms with van der Waals surface area (Å²) in [5.41, 5.74) is 0. The molecule has 1 aliphatic rings. The average molecular weight is 302 g/mol. The van der Waals surface area contributed by atoms with Crippen LogP contribution in [0.1, 0.15) is 39.5 Å². The van der Waals surface area contributed by atoms with E-state index in [4.69, 9.17) is 5.11 Å². The van der Waals surface area contributed by atoms with Crippen molar-refractivity contribution in [1.29, 1.82) is 0 Å². The maximum atomic E-state index is 11.9. The topological polar surface area (TPSA) is 95.5 Å². The summed E-state index contributed by atoms with van der Waals surface area (Å²) >= 11 is 1.24. The summed E-state index contributed by atoms with van der Waals surface area (Å²) in [6.45, 7) is 3.03. The largest absolute Gasteiger partial charge is 0.480 e. The second-order valence-corrected chi connectivity index (χ2v) is 6.43. The Bertz CT molecular complexity index is 369. The minimum absolute atomic E-state index is 0.0612. The summed E-state index contributed by atoms with van der Waals surface area (Å²) in [7, 11) is 0. The van der Waals surface area contributed by atoms with Crippen LogP contribution in [0.15, 0.2) is 0 Å². The lowest BCUT2D eigenvalue weighted by molar-refractivity contribution is -0.140. The van der Waals surface area contributed by atoms with E-state index in [-0.39, 0.29) is 28.9 Å². The first kappa shape index (κ1) is 16.8. The van der Waals surface area contributed by atoms with Gasteiger partial charge >= 0.3 is 5.97 Å². The maximum absolute atomic E-state index is 11.9. The van der Waals surface area contributed by atoms with Gasteiger partial charge in [-0.15, -0.1) is 11.8 Å². The summed E-state index contributed by atoms with van der Waals surface area (Å²) in [6.07, 6.45) is 4.34. The first-order valence-corrected chi connectivity index (χ1v) is 7.87. The van der Waals surface area contributed by atoms with Crippen molar-refractivity contribution in [1.82, 2.24) is 10.6 Å². The van der Waals surface area contributed by atoms with E-state index in [1.54, 1.807) is 6.92 Å². The van der Waals surface area contributed by atoms with E-state index in [1.165, 1.54) is 18.7 Å². The second kappa shape index (κ2) is 8.14. The third-order valence-corrected chi connectivity index (χ3v) is 4.50. The summed E-state index contributed by atoms with van der Waals surface area (Å²) in [5.74, 6) is -1.36. The van der Waals surface area contributed by atoms with Crippen molar-refractivity contribution in [2.24, 2.45) is 0 Å². The van der Waals surface area contributed by atoms with Crippen molar-refractivity contribution >= 4 is 29.5 Å². The fourth-order valence-electron chi connectivity index (χ4n) is 2.12. The van der Waals surface area contributed by atoms with Crippen LogP contribution in [0.2, 0.25) is 0 Å². The van der Waals surface area contributed by atoms with Crippen molar-refractivity contribution < 1.29 is 19.5 Å². The number of aliphatic carboxylic acids is 1. The number of hydrogen-bond donors (Lipinski definition) is 3. The predicted octanol–water partition coefficient (Wildman–Crippen LogP) is 0.756. The highest BCUT2D eigenvalue weighted by Gasteiger charge is 2.24. The number of carboxylic acid groups (broad SMARTS) is 1. The quantitative estimate of drug-likeness (QED) is 0.645. The van der Waals surface area contributed by atoms with E-state index < -0.39 is 12.0 Å². The molecule has 1 unspecified atom stereocenters. The maximum Gasteiger partial charge on any atom is 0.327 e. The predicted molar refractivity (Wildman–Crippen MR) is 77.6 cm³/mol. The minimum Gasteiger partial charge on any atom is -0.480 e. The lowest BCUT2D eigenvalue weighted by Crippen LogP contribution is -2.43. The van der Waals surface area contributed by atoms with Gasteiger partial charge in [-0.3, -0.25) is 9.59 Å². The van der Waals surface area contributed by atoms with Crippen LogP contribution in [0.5, 0.6) is 0 Å². The molecule has 0 heterocycles. The Labute approximate surface area is 123 Å². The first-order chi connectivity index (χ1) is 9.40. The molecule has 0 bridgehead atoms. The Morgan fingerprint density at radius 1 is 1.30 bits per heavy atom. The molecule has 114 valence electrons. The molecule has 2 amide bonds. The van der Waals surface area contributed by atoms with Gasteiger partial charge < -0.3 is 15.7 Å². The molecule has 1 fully saturated rings. The Morgan fingerprint density at radius 2 is 1.90 bits per heavy atom. The van der Waals surface area contributed by atoms with Crippen LogP contribution >= 0.6 is 11.8 Å². The monoisotopic (exact) mass is 302 g/mol. The van der Waals surface area contributed by atoms with Crippen LogP contribution in [-0.2, 0) is 14.4 Å². The summed E-state index contributed by atoms with van der Waals surface area (Å²) in [6, 6.07) is -0.699. The first-order valence-electron chi connectivity index (χ1n) is 6.82. The van der Waals surface area contributed by atoms with E-state index in [0.29, 0.717) is 0 Å². The van der Waals surface area contributed by atoms with Crippen molar-refractivity contribution in [2.45, 2.75) is 56.9 Å². The van der Waals surface area contributed by atoms with Gasteiger partial charge in [0.2, 0.25) is 11.8 Å². The smallest absolute Gasteiger partial charge is 0.327 e. The lowest BCUT2D eigenvalue weighted by atomic mass is 10.2. The molecule has 0 aliphatic heterocycles. The third kappa shape index (κ3) is 5.81. The van der Waals surface area contributed by atoms with Crippen LogP contribution in [-0.4, -0.2) is 46.0 Å². The fraction of sp³-hybridized carbons (Fsp3) is 0.769. The zero-order valence-corrected chi connectivity index (χ0v) is 12.7. The standard InChI is InChI=1S/C13H22N2O4S/c1-8(12(17)15-10-5-3-4-6-10)20-7-11(13(18)19)14-9(2)16/h8,10-11H,3-7H2,1-2H3,(H,14,16)(H,15,17)(H,18,19)/t8?,11-/m0/s1. The van der Waals surface area contributed by atoms with Gasteiger partial charge in [-0.05, 0) is 19.8 Å². The molecule has 1 rings (SSSR count). The van der Waals surface area contributed by atoms with Crippen molar-refractivity contribution in [3.05, 3.63) is 0 Å². The molecule has 3 N–H and O–H groups in total. The normalized spacial score (nSPS) is 18.3. The van der Waals surface area contributed by atoms with Gasteiger partial charge in [0.1, 0.15) is 6.04 Å². The van der Waals surface area contributed by atoms with E-state index >= 15 is 0 Å². The number of amides is 2. The molecule has 0 spiro atoms. The molecular formula is C13H22N2O4S. The molecule has 20 heavy (non-hydrogen) atoms. The molecule has 6 nitrogen and oxygen atoms in total. The SMILES string of the molecule is CC(=O)N[C@@H](CSC(C)C(=O)NC1CCCC1)C(=O)O. The highest BCUT2D eigenvalue weighted by atomic mass is 32.2. The number of rotatable bonds is 7. The van der Waals surface area contributed by atoms with Gasteiger partial charge in [0.15, 0.2) is 0 Å². The Balaban J connectivity index is 2.35. The Hall–Kier alpha value is -1.24. The van der Waals surface area contributed by atoms with Gasteiger partial charge in [-0.1, -0.05) is 12.8 Å². The highest BCUT2D eigenvalue weighted by molar-refractivity contribution is 8.00. The van der Waals surface area contributed by atoms with Crippen LogP contribution < -0.4 is 10.6 Å². The Morgan fingerprint density at radius 3 is 2.40 bits per heavy atom. The number of carbonyl (C=O) groups excluding carboxylic acids is 2. The van der Waals surface area contributed by atoms with E-state index in [2.05, 4.69) is 10.6 Å². The number of nitrogens with one attached hydrogen (secondary N) is 2. The van der Waals surface area contributed by atoms with Crippen molar-refractivity contribution in [3.8, 4) is 0 Å². The number of carbonyl (C=O) groups is 3. The van der Waals surface area contributed by atoms with Gasteiger partial charge in [0.05, 0.1) is 5.25 Å². The lowest BCUT2D eigenvalue weighted by Gasteiger charge is -2.18. The van der Waals surface area contributed by atoms with Gasteiger partial charge in [0, 0.05) is 18.7 Å². The van der Waals surface area contributed by atoms with Crippen LogP contribution in [0.25, 0.3) is 0 Å². The Kier molecular flexibility index (Phi) is 6.84. The zero-order valence-electron chi connectivity index (χ0n) is 11.8. The molecule has 0 aromatic heterocycles. The second-order valence-electron chi connectivity index (χ2n) is 5.06. The molecule has 2 atom stereocenters. The van der Waals surface area contributed by atoms with E-state index in [9.17, 15) is 14.4 Å². The fourth-order valence-corrected chi connectivity index (χ4v) is 3.05. The van der Waals surface area contributed by atoms with E-state index in [1.807, 2.05) is 0 Å². The third-order valence-electron chi connectivity index (χ3n) is 3.26. The zero-order chi connectivity index (χ0) is 15.1. The number of hydrogen-bond acceptors (Lipinski definition) is 4. The van der Waals surface area contributed by atoms with Gasteiger partial charge in [0.25, 0.3) is 0 Å². The molecule has 1 saturated carbocycles. The summed E-state index contributed by atoms with van der Waals surface area (Å²) in [4.78, 5) is 33.8.